The van der Waals surface area contributed by atoms with E-state index in [1.165, 1.54) is 0 Å². The molecule has 3 atom stereocenters. The summed E-state index contributed by atoms with van der Waals surface area (Å²) >= 11 is 6.17. The van der Waals surface area contributed by atoms with Crippen LogP contribution in [0.25, 0.3) is 0 Å². The SMILES string of the molecule is CC1CCCC1C(Cl)c1c(F)cc(F)cc1F. The van der Waals surface area contributed by atoms with Crippen LogP contribution in [0, 0.1) is 29.3 Å². The highest BCUT2D eigenvalue weighted by molar-refractivity contribution is 6.21. The Hall–Kier alpha value is -0.700. The van der Waals surface area contributed by atoms with Crippen molar-refractivity contribution in [1.29, 1.82) is 0 Å². The zero-order valence-corrected chi connectivity index (χ0v) is 10.3. The maximum atomic E-state index is 13.6. The van der Waals surface area contributed by atoms with Gasteiger partial charge in [0.15, 0.2) is 0 Å². The van der Waals surface area contributed by atoms with E-state index >= 15 is 0 Å². The lowest BCUT2D eigenvalue weighted by molar-refractivity contribution is 0.388. The first kappa shape index (κ1) is 12.7. The Balaban J connectivity index is 2.33. The zero-order chi connectivity index (χ0) is 12.6. The van der Waals surface area contributed by atoms with E-state index in [1.54, 1.807) is 0 Å². The maximum Gasteiger partial charge on any atom is 0.133 e. The summed E-state index contributed by atoms with van der Waals surface area (Å²) in [6.45, 7) is 2.03. The van der Waals surface area contributed by atoms with Crippen molar-refractivity contribution in [3.8, 4) is 0 Å². The van der Waals surface area contributed by atoms with E-state index in [0.29, 0.717) is 18.1 Å². The van der Waals surface area contributed by atoms with Crippen molar-refractivity contribution in [2.24, 2.45) is 11.8 Å². The molecule has 0 nitrogen and oxygen atoms in total. The van der Waals surface area contributed by atoms with Crippen LogP contribution in [-0.4, -0.2) is 0 Å². The standard InChI is InChI=1S/C13H14ClF3/c1-7-3-2-4-9(7)13(14)12-10(16)5-8(15)6-11(12)17/h5-7,9,13H,2-4H2,1H3. The van der Waals surface area contributed by atoms with Crippen LogP contribution in [0.4, 0.5) is 13.2 Å². The van der Waals surface area contributed by atoms with Crippen LogP contribution in [-0.2, 0) is 0 Å². The summed E-state index contributed by atoms with van der Waals surface area (Å²) in [5.41, 5.74) is -0.188. The second-order valence-electron chi connectivity index (χ2n) is 4.76. The first-order valence-corrected chi connectivity index (χ1v) is 6.23. The molecule has 1 saturated carbocycles. The van der Waals surface area contributed by atoms with E-state index < -0.39 is 22.8 Å². The molecule has 0 saturated heterocycles. The third kappa shape index (κ3) is 2.44. The highest BCUT2D eigenvalue weighted by atomic mass is 35.5. The molecule has 0 N–H and O–H groups in total. The van der Waals surface area contributed by atoms with Gasteiger partial charge in [-0.15, -0.1) is 11.6 Å². The van der Waals surface area contributed by atoms with Crippen LogP contribution in [0.2, 0.25) is 0 Å². The fraction of sp³-hybridized carbons (Fsp3) is 0.538. The smallest absolute Gasteiger partial charge is 0.133 e. The van der Waals surface area contributed by atoms with Gasteiger partial charge in [-0.25, -0.2) is 13.2 Å². The molecular weight excluding hydrogens is 249 g/mol. The molecule has 0 radical (unpaired) electrons. The molecule has 0 aromatic heterocycles. The van der Waals surface area contributed by atoms with E-state index in [0.717, 1.165) is 19.3 Å². The van der Waals surface area contributed by atoms with Crippen LogP contribution in [0.1, 0.15) is 37.1 Å². The molecule has 94 valence electrons. The number of hydrogen-bond acceptors (Lipinski definition) is 0. The molecule has 1 aliphatic carbocycles. The summed E-state index contributed by atoms with van der Waals surface area (Å²) in [5.74, 6) is -2.28. The molecule has 4 heteroatoms. The van der Waals surface area contributed by atoms with E-state index in [1.807, 2.05) is 6.92 Å². The number of hydrogen-bond donors (Lipinski definition) is 0. The lowest BCUT2D eigenvalue weighted by atomic mass is 9.90. The van der Waals surface area contributed by atoms with E-state index in [2.05, 4.69) is 0 Å². The van der Waals surface area contributed by atoms with Gasteiger partial charge in [-0.05, 0) is 18.3 Å². The number of benzene rings is 1. The Morgan fingerprint density at radius 2 is 1.76 bits per heavy atom. The summed E-state index contributed by atoms with van der Waals surface area (Å²) in [6.07, 6.45) is 2.92. The minimum absolute atomic E-state index is 0.0612. The van der Waals surface area contributed by atoms with Gasteiger partial charge in [-0.3, -0.25) is 0 Å². The van der Waals surface area contributed by atoms with Crippen molar-refractivity contribution in [1.82, 2.24) is 0 Å². The molecule has 17 heavy (non-hydrogen) atoms. The lowest BCUT2D eigenvalue weighted by Crippen LogP contribution is -2.14. The third-order valence-corrected chi connectivity index (χ3v) is 4.17. The van der Waals surface area contributed by atoms with E-state index in [9.17, 15) is 13.2 Å². The van der Waals surface area contributed by atoms with Crippen LogP contribution >= 0.6 is 11.6 Å². The second kappa shape index (κ2) is 4.89. The molecule has 2 rings (SSSR count). The monoisotopic (exact) mass is 262 g/mol. The van der Waals surface area contributed by atoms with Crippen LogP contribution in [0.15, 0.2) is 12.1 Å². The van der Waals surface area contributed by atoms with Gasteiger partial charge in [0.05, 0.1) is 5.38 Å². The molecule has 0 spiro atoms. The fourth-order valence-electron chi connectivity index (χ4n) is 2.64. The molecule has 0 amide bonds. The molecule has 0 bridgehead atoms. The van der Waals surface area contributed by atoms with Gasteiger partial charge in [0.1, 0.15) is 17.5 Å². The van der Waals surface area contributed by atoms with Gasteiger partial charge in [-0.1, -0.05) is 19.8 Å². The highest BCUT2D eigenvalue weighted by Crippen LogP contribution is 2.44. The predicted octanol–water partition coefficient (Wildman–Crippen LogP) is 4.82. The Kier molecular flexibility index (Phi) is 3.67. The predicted molar refractivity (Wildman–Crippen MR) is 61.4 cm³/mol. The number of alkyl halides is 1. The average molecular weight is 263 g/mol. The topological polar surface area (TPSA) is 0 Å². The maximum absolute atomic E-state index is 13.6. The molecule has 1 fully saturated rings. The van der Waals surface area contributed by atoms with Crippen LogP contribution in [0.5, 0.6) is 0 Å². The molecule has 0 heterocycles. The van der Waals surface area contributed by atoms with Crippen molar-refractivity contribution in [2.45, 2.75) is 31.6 Å². The molecule has 0 aliphatic heterocycles. The first-order chi connectivity index (χ1) is 8.00. The summed E-state index contributed by atoms with van der Waals surface area (Å²) in [6, 6.07) is 1.38. The number of halogens is 4. The molecule has 3 unspecified atom stereocenters. The number of rotatable bonds is 2. The highest BCUT2D eigenvalue weighted by Gasteiger charge is 2.33. The van der Waals surface area contributed by atoms with E-state index in [-0.39, 0.29) is 11.5 Å². The molecule has 1 aliphatic rings. The Bertz CT molecular complexity index is 396. The van der Waals surface area contributed by atoms with Gasteiger partial charge in [0, 0.05) is 17.7 Å². The minimum Gasteiger partial charge on any atom is -0.207 e. The Labute approximate surface area is 104 Å². The van der Waals surface area contributed by atoms with Crippen molar-refractivity contribution in [3.05, 3.63) is 35.1 Å². The van der Waals surface area contributed by atoms with Gasteiger partial charge >= 0.3 is 0 Å². The van der Waals surface area contributed by atoms with Gasteiger partial charge in [0.2, 0.25) is 0 Å². The third-order valence-electron chi connectivity index (χ3n) is 3.62. The largest absolute Gasteiger partial charge is 0.207 e. The summed E-state index contributed by atoms with van der Waals surface area (Å²) in [7, 11) is 0. The molecule has 1 aromatic rings. The van der Waals surface area contributed by atoms with Gasteiger partial charge in [0.25, 0.3) is 0 Å². The summed E-state index contributed by atoms with van der Waals surface area (Å²) in [4.78, 5) is 0. The Morgan fingerprint density at radius 1 is 1.18 bits per heavy atom. The van der Waals surface area contributed by atoms with Crippen LogP contribution in [0.3, 0.4) is 0 Å². The first-order valence-electron chi connectivity index (χ1n) is 5.79. The molecule has 1 aromatic carbocycles. The quantitative estimate of drug-likeness (QED) is 0.671. The molecular formula is C13H14ClF3. The second-order valence-corrected chi connectivity index (χ2v) is 5.23. The van der Waals surface area contributed by atoms with Crippen molar-refractivity contribution < 1.29 is 13.2 Å². The zero-order valence-electron chi connectivity index (χ0n) is 9.52. The summed E-state index contributed by atoms with van der Waals surface area (Å²) < 4.78 is 40.0. The lowest BCUT2D eigenvalue weighted by Gasteiger charge is -2.22. The van der Waals surface area contributed by atoms with Gasteiger partial charge in [-0.2, -0.15) is 0 Å². The van der Waals surface area contributed by atoms with Crippen molar-refractivity contribution in [2.75, 3.05) is 0 Å². The Morgan fingerprint density at radius 3 is 2.24 bits per heavy atom. The van der Waals surface area contributed by atoms with Gasteiger partial charge < -0.3 is 0 Å². The van der Waals surface area contributed by atoms with Crippen LogP contribution < -0.4 is 0 Å². The van der Waals surface area contributed by atoms with Crippen molar-refractivity contribution in [3.63, 3.8) is 0 Å². The minimum atomic E-state index is -0.910. The fourth-order valence-corrected chi connectivity index (χ4v) is 3.22. The van der Waals surface area contributed by atoms with Crippen molar-refractivity contribution >= 4 is 11.6 Å². The summed E-state index contributed by atoms with van der Waals surface area (Å²) in [5, 5.41) is -0.715. The normalized spacial score (nSPS) is 26.2. The van der Waals surface area contributed by atoms with E-state index in [4.69, 9.17) is 11.6 Å². The average Bonchev–Trinajstić information content (AvgIpc) is 2.62.